The van der Waals surface area contributed by atoms with Crippen molar-refractivity contribution < 1.29 is 15.0 Å². The number of nitrogens with one attached hydrogen (secondary N) is 1. The summed E-state index contributed by atoms with van der Waals surface area (Å²) in [6.45, 7) is 4.97. The molecule has 5 nitrogen and oxygen atoms in total. The van der Waals surface area contributed by atoms with Crippen molar-refractivity contribution in [3.8, 4) is 0 Å². The molecular formula is C9H20N2O3. The quantitative estimate of drug-likeness (QED) is 0.464. The topological polar surface area (TPSA) is 95.6 Å². The third-order valence-corrected chi connectivity index (χ3v) is 2.00. The standard InChI is InChI=1S/C9H20N2O3/c1-9(2,3)7(10)8(14)11-6(4-12)5-13/h6-7,12-13H,4-5,10H2,1-3H3,(H,11,14)/t7-/m0/s1. The summed E-state index contributed by atoms with van der Waals surface area (Å²) < 4.78 is 0. The molecule has 0 rings (SSSR count). The molecule has 0 unspecified atom stereocenters. The zero-order valence-electron chi connectivity index (χ0n) is 8.95. The number of rotatable bonds is 4. The van der Waals surface area contributed by atoms with E-state index in [0.717, 1.165) is 0 Å². The van der Waals surface area contributed by atoms with Gasteiger partial charge in [0.2, 0.25) is 5.91 Å². The van der Waals surface area contributed by atoms with Gasteiger partial charge in [0.1, 0.15) is 0 Å². The molecule has 0 saturated heterocycles. The molecule has 5 N–H and O–H groups in total. The van der Waals surface area contributed by atoms with Gasteiger partial charge in [-0.25, -0.2) is 0 Å². The Balaban J connectivity index is 4.21. The van der Waals surface area contributed by atoms with Gasteiger partial charge in [0.15, 0.2) is 0 Å². The van der Waals surface area contributed by atoms with Crippen molar-refractivity contribution in [3.05, 3.63) is 0 Å². The van der Waals surface area contributed by atoms with Crippen LogP contribution in [0, 0.1) is 5.41 Å². The Hall–Kier alpha value is -0.650. The lowest BCUT2D eigenvalue weighted by molar-refractivity contribution is -0.125. The first-order chi connectivity index (χ1) is 6.32. The second kappa shape index (κ2) is 5.29. The summed E-state index contributed by atoms with van der Waals surface area (Å²) in [6.07, 6.45) is 0. The molecule has 0 aromatic heterocycles. The van der Waals surface area contributed by atoms with Crippen LogP contribution in [0.25, 0.3) is 0 Å². The van der Waals surface area contributed by atoms with Crippen molar-refractivity contribution in [2.45, 2.75) is 32.9 Å². The van der Waals surface area contributed by atoms with E-state index in [2.05, 4.69) is 5.32 Å². The highest BCUT2D eigenvalue weighted by atomic mass is 16.3. The predicted molar refractivity (Wildman–Crippen MR) is 53.5 cm³/mol. The van der Waals surface area contributed by atoms with Gasteiger partial charge in [-0.2, -0.15) is 0 Å². The van der Waals surface area contributed by atoms with Gasteiger partial charge < -0.3 is 21.3 Å². The van der Waals surface area contributed by atoms with Gasteiger partial charge in [-0.1, -0.05) is 20.8 Å². The second-order valence-electron chi connectivity index (χ2n) is 4.41. The molecule has 0 radical (unpaired) electrons. The summed E-state index contributed by atoms with van der Waals surface area (Å²) in [4.78, 5) is 11.5. The van der Waals surface area contributed by atoms with E-state index >= 15 is 0 Å². The summed E-state index contributed by atoms with van der Waals surface area (Å²) in [5.41, 5.74) is 5.34. The highest BCUT2D eigenvalue weighted by molar-refractivity contribution is 5.82. The van der Waals surface area contributed by atoms with Crippen LogP contribution >= 0.6 is 0 Å². The molecule has 84 valence electrons. The number of hydrogen-bond donors (Lipinski definition) is 4. The lowest BCUT2D eigenvalue weighted by Gasteiger charge is -2.27. The third-order valence-electron chi connectivity index (χ3n) is 2.00. The van der Waals surface area contributed by atoms with Crippen molar-refractivity contribution >= 4 is 5.91 Å². The first-order valence-corrected chi connectivity index (χ1v) is 4.60. The van der Waals surface area contributed by atoms with Gasteiger partial charge in [0, 0.05) is 0 Å². The zero-order valence-corrected chi connectivity index (χ0v) is 8.95. The number of aliphatic hydroxyl groups excluding tert-OH is 2. The molecule has 0 saturated carbocycles. The van der Waals surface area contributed by atoms with E-state index in [4.69, 9.17) is 15.9 Å². The Morgan fingerprint density at radius 2 is 1.79 bits per heavy atom. The molecule has 5 heteroatoms. The zero-order chi connectivity index (χ0) is 11.4. The summed E-state index contributed by atoms with van der Waals surface area (Å²) in [7, 11) is 0. The fourth-order valence-corrected chi connectivity index (χ4v) is 0.833. The van der Waals surface area contributed by atoms with Crippen LogP contribution in [0.15, 0.2) is 0 Å². The Bertz CT molecular complexity index is 185. The van der Waals surface area contributed by atoms with Gasteiger partial charge >= 0.3 is 0 Å². The number of carbonyl (C=O) groups excluding carboxylic acids is 1. The molecule has 0 heterocycles. The summed E-state index contributed by atoms with van der Waals surface area (Å²) in [5, 5.41) is 19.9. The van der Waals surface area contributed by atoms with E-state index in [1.165, 1.54) is 0 Å². The Morgan fingerprint density at radius 3 is 2.07 bits per heavy atom. The molecule has 0 aliphatic rings. The minimum Gasteiger partial charge on any atom is -0.394 e. The van der Waals surface area contributed by atoms with Crippen molar-refractivity contribution in [1.82, 2.24) is 5.32 Å². The monoisotopic (exact) mass is 204 g/mol. The van der Waals surface area contributed by atoms with Crippen LogP contribution in [0.3, 0.4) is 0 Å². The number of carbonyl (C=O) groups is 1. The van der Waals surface area contributed by atoms with Crippen molar-refractivity contribution in [1.29, 1.82) is 0 Å². The predicted octanol–water partition coefficient (Wildman–Crippen LogP) is -1.17. The van der Waals surface area contributed by atoms with Crippen molar-refractivity contribution in [2.75, 3.05) is 13.2 Å². The SMILES string of the molecule is CC(C)(C)[C@@H](N)C(=O)NC(CO)CO. The average molecular weight is 204 g/mol. The van der Waals surface area contributed by atoms with Crippen LogP contribution < -0.4 is 11.1 Å². The maximum absolute atomic E-state index is 11.5. The molecule has 0 aliphatic heterocycles. The Morgan fingerprint density at radius 1 is 1.36 bits per heavy atom. The largest absolute Gasteiger partial charge is 0.394 e. The molecule has 0 aromatic rings. The Labute approximate surface area is 84.3 Å². The average Bonchev–Trinajstić information content (AvgIpc) is 2.11. The molecule has 1 amide bonds. The van der Waals surface area contributed by atoms with Crippen molar-refractivity contribution in [3.63, 3.8) is 0 Å². The van der Waals surface area contributed by atoms with E-state index in [1.807, 2.05) is 20.8 Å². The third kappa shape index (κ3) is 4.04. The molecular weight excluding hydrogens is 184 g/mol. The highest BCUT2D eigenvalue weighted by Gasteiger charge is 2.28. The molecule has 0 spiro atoms. The van der Waals surface area contributed by atoms with Gasteiger partial charge in [-0.15, -0.1) is 0 Å². The van der Waals surface area contributed by atoms with E-state index in [9.17, 15) is 4.79 Å². The first-order valence-electron chi connectivity index (χ1n) is 4.60. The Kier molecular flexibility index (Phi) is 5.04. The van der Waals surface area contributed by atoms with Gasteiger partial charge in [0.05, 0.1) is 25.3 Å². The van der Waals surface area contributed by atoms with Gasteiger partial charge in [-0.05, 0) is 5.41 Å². The van der Waals surface area contributed by atoms with Crippen LogP contribution in [0.4, 0.5) is 0 Å². The van der Waals surface area contributed by atoms with E-state index in [-0.39, 0.29) is 24.5 Å². The molecule has 1 atom stereocenters. The van der Waals surface area contributed by atoms with E-state index in [1.54, 1.807) is 0 Å². The number of amides is 1. The fraction of sp³-hybridized carbons (Fsp3) is 0.889. The highest BCUT2D eigenvalue weighted by Crippen LogP contribution is 2.17. The van der Waals surface area contributed by atoms with Crippen LogP contribution in [0.2, 0.25) is 0 Å². The van der Waals surface area contributed by atoms with Crippen LogP contribution in [0.5, 0.6) is 0 Å². The summed E-state index contributed by atoms with van der Waals surface area (Å²) >= 11 is 0. The molecule has 0 fully saturated rings. The lowest BCUT2D eigenvalue weighted by atomic mass is 9.87. The number of nitrogens with two attached hydrogens (primary N) is 1. The lowest BCUT2D eigenvalue weighted by Crippen LogP contribution is -2.53. The van der Waals surface area contributed by atoms with Crippen LogP contribution in [-0.2, 0) is 4.79 Å². The second-order valence-corrected chi connectivity index (χ2v) is 4.41. The summed E-state index contributed by atoms with van der Waals surface area (Å²) in [5.74, 6) is -0.356. The molecule has 14 heavy (non-hydrogen) atoms. The number of hydrogen-bond acceptors (Lipinski definition) is 4. The van der Waals surface area contributed by atoms with Gasteiger partial charge in [-0.3, -0.25) is 4.79 Å². The minimum atomic E-state index is -0.650. The van der Waals surface area contributed by atoms with Gasteiger partial charge in [0.25, 0.3) is 0 Å². The smallest absolute Gasteiger partial charge is 0.237 e. The van der Waals surface area contributed by atoms with Crippen LogP contribution in [0.1, 0.15) is 20.8 Å². The number of aliphatic hydroxyl groups is 2. The van der Waals surface area contributed by atoms with E-state index in [0.29, 0.717) is 0 Å². The minimum absolute atomic E-state index is 0.293. The normalized spacial score (nSPS) is 14.2. The molecule has 0 aliphatic carbocycles. The van der Waals surface area contributed by atoms with Crippen LogP contribution in [-0.4, -0.2) is 41.4 Å². The maximum atomic E-state index is 11.5. The van der Waals surface area contributed by atoms with Crippen molar-refractivity contribution in [2.24, 2.45) is 11.1 Å². The maximum Gasteiger partial charge on any atom is 0.237 e. The fourth-order valence-electron chi connectivity index (χ4n) is 0.833. The summed E-state index contributed by atoms with van der Waals surface area (Å²) in [6, 6.07) is -1.28. The molecule has 0 aromatic carbocycles. The van der Waals surface area contributed by atoms with E-state index < -0.39 is 12.1 Å². The first kappa shape index (κ1) is 13.4. The molecule has 0 bridgehead atoms.